The van der Waals surface area contributed by atoms with E-state index < -0.39 is 0 Å². The first kappa shape index (κ1) is 19.0. The molecule has 1 aromatic carbocycles. The summed E-state index contributed by atoms with van der Waals surface area (Å²) in [4.78, 5) is 10.7. The Balaban J connectivity index is 1.44. The third-order valence-corrected chi connectivity index (χ3v) is 7.35. The van der Waals surface area contributed by atoms with Gasteiger partial charge in [-0.2, -0.15) is 5.10 Å². The standard InChI is InChI=1S/C25H29N5O/c1-14(2)23-20-7-17(18-8-29(9-18)19-11-31-12-19)5-6-22(20)28-24(23)21-10-30-25(26-13-27-30)16(4)15(21)3/h5-7,10,13-14,18-19,28H,8-9,11-12H2,1-4H3. The van der Waals surface area contributed by atoms with Gasteiger partial charge in [-0.05, 0) is 54.2 Å². The Labute approximate surface area is 182 Å². The zero-order valence-corrected chi connectivity index (χ0v) is 18.6. The van der Waals surface area contributed by atoms with Crippen LogP contribution in [0.1, 0.15) is 47.9 Å². The molecule has 3 aromatic heterocycles. The lowest BCUT2D eigenvalue weighted by molar-refractivity contribution is -0.0905. The maximum Gasteiger partial charge on any atom is 0.158 e. The number of aromatic nitrogens is 4. The van der Waals surface area contributed by atoms with Crippen LogP contribution in [0.25, 0.3) is 27.8 Å². The molecule has 2 saturated heterocycles. The normalized spacial score (nSPS) is 18.2. The van der Waals surface area contributed by atoms with Gasteiger partial charge >= 0.3 is 0 Å². The monoisotopic (exact) mass is 415 g/mol. The minimum atomic E-state index is 0.412. The Morgan fingerprint density at radius 3 is 2.65 bits per heavy atom. The molecule has 2 aliphatic rings. The summed E-state index contributed by atoms with van der Waals surface area (Å²) in [6, 6.07) is 7.65. The number of nitrogens with one attached hydrogen (secondary N) is 1. The average molecular weight is 416 g/mol. The van der Waals surface area contributed by atoms with Crippen molar-refractivity contribution in [3.8, 4) is 11.3 Å². The molecule has 2 aliphatic heterocycles. The molecule has 0 aliphatic carbocycles. The molecular weight excluding hydrogens is 386 g/mol. The van der Waals surface area contributed by atoms with Crippen LogP contribution in [0.2, 0.25) is 0 Å². The second kappa shape index (κ2) is 6.90. The second-order valence-electron chi connectivity index (χ2n) is 9.54. The maximum absolute atomic E-state index is 5.36. The van der Waals surface area contributed by atoms with Crippen molar-refractivity contribution in [3.63, 3.8) is 0 Å². The van der Waals surface area contributed by atoms with E-state index in [1.54, 1.807) is 6.33 Å². The largest absolute Gasteiger partial charge is 0.378 e. The van der Waals surface area contributed by atoms with Gasteiger partial charge in [0.15, 0.2) is 5.65 Å². The number of pyridine rings is 1. The fourth-order valence-electron chi connectivity index (χ4n) is 5.21. The molecule has 0 atom stereocenters. The number of ether oxygens (including phenoxy) is 1. The van der Waals surface area contributed by atoms with Crippen molar-refractivity contribution in [2.45, 2.75) is 45.6 Å². The molecule has 31 heavy (non-hydrogen) atoms. The summed E-state index contributed by atoms with van der Waals surface area (Å²) < 4.78 is 7.26. The van der Waals surface area contributed by atoms with E-state index in [1.165, 1.54) is 44.4 Å². The molecule has 160 valence electrons. The van der Waals surface area contributed by atoms with Crippen LogP contribution in [0.3, 0.4) is 0 Å². The van der Waals surface area contributed by atoms with Gasteiger partial charge in [0.25, 0.3) is 0 Å². The first-order valence-electron chi connectivity index (χ1n) is 11.3. The van der Waals surface area contributed by atoms with E-state index in [0.717, 1.165) is 32.0 Å². The number of likely N-dealkylation sites (tertiary alicyclic amines) is 1. The number of aromatic amines is 1. The van der Waals surface area contributed by atoms with E-state index in [2.05, 4.69) is 72.1 Å². The van der Waals surface area contributed by atoms with E-state index in [-0.39, 0.29) is 0 Å². The molecule has 6 heteroatoms. The Kier molecular flexibility index (Phi) is 4.24. The van der Waals surface area contributed by atoms with E-state index in [0.29, 0.717) is 17.9 Å². The summed E-state index contributed by atoms with van der Waals surface area (Å²) in [5.74, 6) is 1.04. The summed E-state index contributed by atoms with van der Waals surface area (Å²) in [6.45, 7) is 13.0. The van der Waals surface area contributed by atoms with Gasteiger partial charge in [-0.15, -0.1) is 0 Å². The molecule has 0 radical (unpaired) electrons. The van der Waals surface area contributed by atoms with Crippen molar-refractivity contribution in [2.24, 2.45) is 0 Å². The second-order valence-corrected chi connectivity index (χ2v) is 9.54. The quantitative estimate of drug-likeness (QED) is 0.536. The number of rotatable bonds is 4. The zero-order chi connectivity index (χ0) is 21.3. The van der Waals surface area contributed by atoms with Crippen LogP contribution in [0, 0.1) is 13.8 Å². The molecule has 4 aromatic rings. The number of hydrogen-bond acceptors (Lipinski definition) is 4. The summed E-state index contributed by atoms with van der Waals surface area (Å²) in [7, 11) is 0. The number of fused-ring (bicyclic) bond motifs is 2. The lowest BCUT2D eigenvalue weighted by atomic mass is 9.87. The molecule has 6 rings (SSSR count). The highest BCUT2D eigenvalue weighted by atomic mass is 16.5. The highest BCUT2D eigenvalue weighted by Crippen LogP contribution is 2.40. The molecule has 5 heterocycles. The Hall–Kier alpha value is -2.70. The number of benzene rings is 1. The molecule has 0 saturated carbocycles. The molecule has 2 fully saturated rings. The van der Waals surface area contributed by atoms with Crippen LogP contribution in [0.5, 0.6) is 0 Å². The van der Waals surface area contributed by atoms with Gasteiger partial charge in [0.1, 0.15) is 6.33 Å². The Morgan fingerprint density at radius 1 is 1.13 bits per heavy atom. The molecule has 0 spiro atoms. The molecule has 0 unspecified atom stereocenters. The van der Waals surface area contributed by atoms with Gasteiger partial charge in [-0.1, -0.05) is 19.9 Å². The number of aryl methyl sites for hydroxylation is 1. The van der Waals surface area contributed by atoms with E-state index in [9.17, 15) is 0 Å². The lowest BCUT2D eigenvalue weighted by Crippen LogP contribution is -2.58. The highest BCUT2D eigenvalue weighted by molar-refractivity contribution is 5.92. The lowest BCUT2D eigenvalue weighted by Gasteiger charge is -2.47. The third kappa shape index (κ3) is 2.85. The minimum absolute atomic E-state index is 0.412. The van der Waals surface area contributed by atoms with E-state index in [1.807, 2.05) is 4.52 Å². The minimum Gasteiger partial charge on any atom is -0.378 e. The van der Waals surface area contributed by atoms with Gasteiger partial charge in [0, 0.05) is 41.7 Å². The van der Waals surface area contributed by atoms with Crippen LogP contribution in [-0.4, -0.2) is 56.8 Å². The molecule has 1 N–H and O–H groups in total. The van der Waals surface area contributed by atoms with Crippen LogP contribution in [0.15, 0.2) is 30.7 Å². The molecule has 0 bridgehead atoms. The van der Waals surface area contributed by atoms with Crippen LogP contribution < -0.4 is 0 Å². The van der Waals surface area contributed by atoms with Crippen LogP contribution >= 0.6 is 0 Å². The predicted octanol–water partition coefficient (Wildman–Crippen LogP) is 4.42. The van der Waals surface area contributed by atoms with E-state index in [4.69, 9.17) is 4.74 Å². The smallest absolute Gasteiger partial charge is 0.158 e. The van der Waals surface area contributed by atoms with Gasteiger partial charge in [0.05, 0.1) is 24.9 Å². The van der Waals surface area contributed by atoms with Crippen LogP contribution in [0.4, 0.5) is 0 Å². The summed E-state index contributed by atoms with van der Waals surface area (Å²) in [5, 5.41) is 5.75. The third-order valence-electron chi connectivity index (χ3n) is 7.35. The molecular formula is C25H29N5O. The van der Waals surface area contributed by atoms with Gasteiger partial charge in [-0.3, -0.25) is 4.90 Å². The fourth-order valence-corrected chi connectivity index (χ4v) is 5.21. The Bertz CT molecular complexity index is 1290. The van der Waals surface area contributed by atoms with Gasteiger partial charge in [-0.25, -0.2) is 9.50 Å². The first-order chi connectivity index (χ1) is 15.0. The molecule has 0 amide bonds. The van der Waals surface area contributed by atoms with Crippen molar-refractivity contribution in [2.75, 3.05) is 26.3 Å². The number of hydrogen-bond donors (Lipinski definition) is 1. The van der Waals surface area contributed by atoms with Gasteiger partial charge < -0.3 is 9.72 Å². The van der Waals surface area contributed by atoms with E-state index >= 15 is 0 Å². The Morgan fingerprint density at radius 2 is 1.94 bits per heavy atom. The van der Waals surface area contributed by atoms with Crippen molar-refractivity contribution >= 4 is 16.6 Å². The van der Waals surface area contributed by atoms with Crippen molar-refractivity contribution < 1.29 is 4.74 Å². The topological polar surface area (TPSA) is 58.5 Å². The van der Waals surface area contributed by atoms with Gasteiger partial charge in [0.2, 0.25) is 0 Å². The predicted molar refractivity (Wildman–Crippen MR) is 123 cm³/mol. The summed E-state index contributed by atoms with van der Waals surface area (Å²) >= 11 is 0. The maximum atomic E-state index is 5.36. The fraction of sp³-hybridized carbons (Fsp3) is 0.440. The summed E-state index contributed by atoms with van der Waals surface area (Å²) in [6.07, 6.45) is 3.75. The van der Waals surface area contributed by atoms with Crippen molar-refractivity contribution in [1.29, 1.82) is 0 Å². The van der Waals surface area contributed by atoms with Crippen molar-refractivity contribution in [1.82, 2.24) is 24.5 Å². The van der Waals surface area contributed by atoms with Crippen molar-refractivity contribution in [3.05, 3.63) is 53.0 Å². The van der Waals surface area contributed by atoms with Crippen LogP contribution in [-0.2, 0) is 4.74 Å². The zero-order valence-electron chi connectivity index (χ0n) is 18.6. The molecule has 6 nitrogen and oxygen atoms in total. The summed E-state index contributed by atoms with van der Waals surface area (Å²) in [5.41, 5.74) is 9.83. The highest BCUT2D eigenvalue weighted by Gasteiger charge is 2.36. The number of H-pyrrole nitrogens is 1. The SMILES string of the molecule is Cc1c(-c2[nH]c3ccc(C4CN(C5COC5)C4)cc3c2C(C)C)cn2ncnc2c1C. The first-order valence-corrected chi connectivity index (χ1v) is 11.3. The number of nitrogens with zero attached hydrogens (tertiary/aromatic N) is 4. The average Bonchev–Trinajstić information content (AvgIpc) is 3.29.